The third-order valence-corrected chi connectivity index (χ3v) is 2.30. The van der Waals surface area contributed by atoms with E-state index >= 15 is 0 Å². The normalized spacial score (nSPS) is 14.8. The van der Waals surface area contributed by atoms with Crippen molar-refractivity contribution in [2.45, 2.75) is 45.4 Å². The minimum absolute atomic E-state index is 0.833. The molecular weight excluding hydrogens is 208 g/mol. The highest BCUT2D eigenvalue weighted by Gasteiger charge is 2.09. The molecule has 0 bridgehead atoms. The predicted octanol–water partition coefficient (Wildman–Crippen LogP) is 1.02. The van der Waals surface area contributed by atoms with Crippen LogP contribution in [0.25, 0.3) is 0 Å². The molecule has 8 N–H and O–H groups in total. The summed E-state index contributed by atoms with van der Waals surface area (Å²) in [6.07, 6.45) is 8.93. The van der Waals surface area contributed by atoms with Gasteiger partial charge in [-0.25, -0.2) is 9.59 Å². The lowest BCUT2D eigenvalue weighted by molar-refractivity contribution is 0.255. The first-order valence-electron chi connectivity index (χ1n) is 5.49. The number of nitrogens with two attached hydrogens (primary N) is 4. The molecule has 1 fully saturated rings. The molecule has 0 aromatic heterocycles. The highest BCUT2D eigenvalue weighted by atomic mass is 16.2. The van der Waals surface area contributed by atoms with E-state index in [-0.39, 0.29) is 0 Å². The van der Waals surface area contributed by atoms with Gasteiger partial charge in [-0.3, -0.25) is 0 Å². The molecule has 0 aliphatic heterocycles. The number of hydrogen-bond donors (Lipinski definition) is 4. The van der Waals surface area contributed by atoms with E-state index in [1.807, 2.05) is 0 Å². The Morgan fingerprint density at radius 1 is 0.938 bits per heavy atom. The molecule has 0 atom stereocenters. The van der Waals surface area contributed by atoms with Gasteiger partial charge < -0.3 is 22.9 Å². The van der Waals surface area contributed by atoms with Crippen molar-refractivity contribution in [2.75, 3.05) is 0 Å². The van der Waals surface area contributed by atoms with Crippen LogP contribution < -0.4 is 22.9 Å². The monoisotopic (exact) mass is 232 g/mol. The maximum atomic E-state index is 9.00. The fraction of sp³-hybridized carbons (Fsp3) is 0.800. The first kappa shape index (κ1) is 17.0. The summed E-state index contributed by atoms with van der Waals surface area (Å²) in [5.41, 5.74) is 17.0. The number of amides is 4. The molecule has 0 heterocycles. The van der Waals surface area contributed by atoms with E-state index in [4.69, 9.17) is 9.59 Å². The summed E-state index contributed by atoms with van der Waals surface area (Å²) < 4.78 is 0. The van der Waals surface area contributed by atoms with Crippen molar-refractivity contribution in [1.29, 1.82) is 0 Å². The van der Waals surface area contributed by atoms with E-state index in [1.54, 1.807) is 0 Å². The topological polar surface area (TPSA) is 138 Å². The summed E-state index contributed by atoms with van der Waals surface area (Å²) in [6.45, 7) is 2.32. The van der Waals surface area contributed by atoms with Crippen molar-refractivity contribution in [1.82, 2.24) is 0 Å². The van der Waals surface area contributed by atoms with Gasteiger partial charge in [-0.2, -0.15) is 0 Å². The van der Waals surface area contributed by atoms with Crippen LogP contribution >= 0.6 is 0 Å². The molecule has 4 amide bonds. The molecule has 0 unspecified atom stereocenters. The summed E-state index contributed by atoms with van der Waals surface area (Å²) in [6, 6.07) is -1.67. The van der Waals surface area contributed by atoms with Crippen LogP contribution in [0.3, 0.4) is 0 Å². The minimum Gasteiger partial charge on any atom is -0.352 e. The lowest BCUT2D eigenvalue weighted by atomic mass is 9.88. The SMILES string of the molecule is CCC1CCCCC1.NC(N)=O.NC(N)=O. The molecule has 96 valence electrons. The van der Waals surface area contributed by atoms with Gasteiger partial charge in [-0.1, -0.05) is 45.4 Å². The van der Waals surface area contributed by atoms with Gasteiger partial charge in [0.15, 0.2) is 0 Å². The van der Waals surface area contributed by atoms with Gasteiger partial charge in [0.05, 0.1) is 0 Å². The van der Waals surface area contributed by atoms with Crippen molar-refractivity contribution >= 4 is 12.1 Å². The van der Waals surface area contributed by atoms with E-state index in [0.717, 1.165) is 5.92 Å². The second kappa shape index (κ2) is 11.6. The van der Waals surface area contributed by atoms with Gasteiger partial charge >= 0.3 is 12.1 Å². The summed E-state index contributed by atoms with van der Waals surface area (Å²) in [7, 11) is 0. The maximum Gasteiger partial charge on any atom is 0.309 e. The number of carbonyl (C=O) groups is 2. The number of urea groups is 2. The van der Waals surface area contributed by atoms with Gasteiger partial charge in [0.2, 0.25) is 0 Å². The van der Waals surface area contributed by atoms with E-state index in [9.17, 15) is 0 Å². The molecule has 0 radical (unpaired) electrons. The Morgan fingerprint density at radius 3 is 1.44 bits per heavy atom. The van der Waals surface area contributed by atoms with Crippen molar-refractivity contribution in [3.05, 3.63) is 0 Å². The third kappa shape index (κ3) is 22.9. The largest absolute Gasteiger partial charge is 0.352 e. The van der Waals surface area contributed by atoms with Crippen LogP contribution in [0.4, 0.5) is 9.59 Å². The van der Waals surface area contributed by atoms with Crippen LogP contribution in [-0.2, 0) is 0 Å². The van der Waals surface area contributed by atoms with Gasteiger partial charge in [-0.15, -0.1) is 0 Å². The molecule has 0 saturated heterocycles. The Hall–Kier alpha value is -1.46. The van der Waals surface area contributed by atoms with Gasteiger partial charge in [0, 0.05) is 0 Å². The van der Waals surface area contributed by atoms with Crippen LogP contribution in [0, 0.1) is 5.92 Å². The highest BCUT2D eigenvalue weighted by molar-refractivity contribution is 5.69. The van der Waals surface area contributed by atoms with Crippen molar-refractivity contribution in [2.24, 2.45) is 28.9 Å². The van der Waals surface area contributed by atoms with Crippen molar-refractivity contribution in [3.63, 3.8) is 0 Å². The fourth-order valence-electron chi connectivity index (χ4n) is 1.60. The average molecular weight is 232 g/mol. The second-order valence-corrected chi connectivity index (χ2v) is 3.72. The molecule has 1 aliphatic rings. The lowest BCUT2D eigenvalue weighted by Gasteiger charge is -2.18. The number of carbonyl (C=O) groups excluding carboxylic acids is 2. The van der Waals surface area contributed by atoms with Crippen LogP contribution in [0.5, 0.6) is 0 Å². The Kier molecular flexibility index (Phi) is 12.3. The van der Waals surface area contributed by atoms with E-state index < -0.39 is 12.1 Å². The fourth-order valence-corrected chi connectivity index (χ4v) is 1.60. The van der Waals surface area contributed by atoms with Crippen molar-refractivity contribution in [3.8, 4) is 0 Å². The minimum atomic E-state index is -0.833. The summed E-state index contributed by atoms with van der Waals surface area (Å²) in [5, 5.41) is 0. The zero-order chi connectivity index (χ0) is 13.0. The number of primary amides is 4. The summed E-state index contributed by atoms with van der Waals surface area (Å²) in [4.78, 5) is 18.0. The Balaban J connectivity index is 0. The van der Waals surface area contributed by atoms with Crippen molar-refractivity contribution < 1.29 is 9.59 Å². The van der Waals surface area contributed by atoms with E-state index in [0.29, 0.717) is 0 Å². The van der Waals surface area contributed by atoms with Gasteiger partial charge in [0.1, 0.15) is 0 Å². The quantitative estimate of drug-likeness (QED) is 0.536. The van der Waals surface area contributed by atoms with Gasteiger partial charge in [0.25, 0.3) is 0 Å². The van der Waals surface area contributed by atoms with Crippen LogP contribution in [0.15, 0.2) is 0 Å². The number of rotatable bonds is 1. The highest BCUT2D eigenvalue weighted by Crippen LogP contribution is 2.25. The molecule has 0 aromatic rings. The summed E-state index contributed by atoms with van der Waals surface area (Å²) in [5.74, 6) is 1.09. The molecule has 16 heavy (non-hydrogen) atoms. The molecule has 0 aromatic carbocycles. The molecule has 1 saturated carbocycles. The van der Waals surface area contributed by atoms with Crippen LogP contribution in [-0.4, -0.2) is 12.1 Å². The Morgan fingerprint density at radius 2 is 1.25 bits per heavy atom. The average Bonchev–Trinajstić information content (AvgIpc) is 2.17. The smallest absolute Gasteiger partial charge is 0.309 e. The maximum absolute atomic E-state index is 9.00. The molecule has 6 heteroatoms. The predicted molar refractivity (Wildman–Crippen MR) is 64.4 cm³/mol. The lowest BCUT2D eigenvalue weighted by Crippen LogP contribution is -2.18. The zero-order valence-corrected chi connectivity index (χ0v) is 9.95. The number of hydrogen-bond acceptors (Lipinski definition) is 2. The van der Waals surface area contributed by atoms with E-state index in [1.165, 1.54) is 38.5 Å². The molecule has 1 rings (SSSR count). The first-order valence-corrected chi connectivity index (χ1v) is 5.49. The zero-order valence-electron chi connectivity index (χ0n) is 9.95. The first-order chi connectivity index (χ1) is 7.40. The van der Waals surface area contributed by atoms with Crippen LogP contribution in [0.1, 0.15) is 45.4 Å². The Labute approximate surface area is 96.7 Å². The van der Waals surface area contributed by atoms with E-state index in [2.05, 4.69) is 29.9 Å². The molecule has 6 nitrogen and oxygen atoms in total. The second-order valence-electron chi connectivity index (χ2n) is 3.72. The Bertz CT molecular complexity index is 171. The van der Waals surface area contributed by atoms with Crippen LogP contribution in [0.2, 0.25) is 0 Å². The molecule has 1 aliphatic carbocycles. The standard InChI is InChI=1S/C8H16.2CH4N2O/c1-2-8-6-4-3-5-7-8;2*2-1(3)4/h8H,2-7H2,1H3;2*(H4,2,3,4). The summed E-state index contributed by atoms with van der Waals surface area (Å²) >= 11 is 0. The molecular formula is C10H24N4O2. The third-order valence-electron chi connectivity index (χ3n) is 2.30. The van der Waals surface area contributed by atoms with Gasteiger partial charge in [-0.05, 0) is 5.92 Å². The molecule has 0 spiro atoms.